The van der Waals surface area contributed by atoms with Gasteiger partial charge in [-0.3, -0.25) is 0 Å². The maximum absolute atomic E-state index is 5.87. The Bertz CT molecular complexity index is 792. The Labute approximate surface area is 142 Å². The molecule has 0 saturated carbocycles. The average Bonchev–Trinajstić information content (AvgIpc) is 3.27. The van der Waals surface area contributed by atoms with E-state index in [4.69, 9.17) is 14.5 Å². The van der Waals surface area contributed by atoms with Gasteiger partial charge in [0.1, 0.15) is 17.7 Å². The minimum atomic E-state index is 0.132. The van der Waals surface area contributed by atoms with Crippen LogP contribution in [0.5, 0.6) is 5.75 Å². The summed E-state index contributed by atoms with van der Waals surface area (Å²) in [4.78, 5) is 4.83. The zero-order valence-electron chi connectivity index (χ0n) is 13.7. The molecular formula is C20H22N2O2. The SMILES string of the molecule is c1ccc(OCCCn2c([C@@H]3CCCO3)nc3ccccc32)cc1. The van der Waals surface area contributed by atoms with Gasteiger partial charge in [-0.15, -0.1) is 0 Å². The number of aromatic nitrogens is 2. The molecule has 2 heterocycles. The molecule has 0 aliphatic carbocycles. The zero-order chi connectivity index (χ0) is 16.2. The summed E-state index contributed by atoms with van der Waals surface area (Å²) in [6, 6.07) is 18.3. The molecule has 3 aromatic rings. The number of fused-ring (bicyclic) bond motifs is 1. The largest absolute Gasteiger partial charge is 0.494 e. The maximum atomic E-state index is 5.87. The highest BCUT2D eigenvalue weighted by atomic mass is 16.5. The van der Waals surface area contributed by atoms with Gasteiger partial charge in [0.2, 0.25) is 0 Å². The van der Waals surface area contributed by atoms with Crippen LogP contribution >= 0.6 is 0 Å². The van der Waals surface area contributed by atoms with Gasteiger partial charge in [0.05, 0.1) is 17.6 Å². The van der Waals surface area contributed by atoms with Crippen molar-refractivity contribution in [1.82, 2.24) is 9.55 Å². The van der Waals surface area contributed by atoms with Crippen molar-refractivity contribution in [2.24, 2.45) is 0 Å². The van der Waals surface area contributed by atoms with Crippen molar-refractivity contribution in [2.75, 3.05) is 13.2 Å². The van der Waals surface area contributed by atoms with Crippen LogP contribution in [0.3, 0.4) is 0 Å². The first-order valence-corrected chi connectivity index (χ1v) is 8.66. The number of hydrogen-bond donors (Lipinski definition) is 0. The first-order valence-electron chi connectivity index (χ1n) is 8.66. The van der Waals surface area contributed by atoms with Crippen molar-refractivity contribution in [3.8, 4) is 5.75 Å². The van der Waals surface area contributed by atoms with E-state index in [1.807, 2.05) is 36.4 Å². The van der Waals surface area contributed by atoms with Gasteiger partial charge in [-0.05, 0) is 43.5 Å². The monoisotopic (exact) mass is 322 g/mol. The first kappa shape index (κ1) is 15.2. The fourth-order valence-electron chi connectivity index (χ4n) is 3.29. The predicted octanol–water partition coefficient (Wildman–Crippen LogP) is 4.36. The summed E-state index contributed by atoms with van der Waals surface area (Å²) in [5.41, 5.74) is 2.23. The Morgan fingerprint density at radius 1 is 1.08 bits per heavy atom. The Kier molecular flexibility index (Phi) is 4.47. The van der Waals surface area contributed by atoms with Crippen LogP contribution in [0.2, 0.25) is 0 Å². The number of nitrogens with zero attached hydrogens (tertiary/aromatic N) is 2. The fraction of sp³-hybridized carbons (Fsp3) is 0.350. The standard InChI is InChI=1S/C20H22N2O2/c1-2-8-16(9-3-1)23-15-7-13-22-18-11-5-4-10-17(18)21-20(22)19-12-6-14-24-19/h1-5,8-11,19H,6-7,12-15H2/t19-/m0/s1. The minimum absolute atomic E-state index is 0.132. The Balaban J connectivity index is 1.48. The van der Waals surface area contributed by atoms with E-state index in [-0.39, 0.29) is 6.10 Å². The summed E-state index contributed by atoms with van der Waals surface area (Å²) >= 11 is 0. The predicted molar refractivity (Wildman–Crippen MR) is 94.2 cm³/mol. The maximum Gasteiger partial charge on any atom is 0.139 e. The third kappa shape index (κ3) is 3.15. The summed E-state index contributed by atoms with van der Waals surface area (Å²) in [7, 11) is 0. The minimum Gasteiger partial charge on any atom is -0.494 e. The second-order valence-corrected chi connectivity index (χ2v) is 6.13. The van der Waals surface area contributed by atoms with Gasteiger partial charge in [0.25, 0.3) is 0 Å². The third-order valence-electron chi connectivity index (χ3n) is 4.44. The zero-order valence-corrected chi connectivity index (χ0v) is 13.7. The topological polar surface area (TPSA) is 36.3 Å². The molecule has 24 heavy (non-hydrogen) atoms. The highest BCUT2D eigenvalue weighted by Gasteiger charge is 2.24. The highest BCUT2D eigenvalue weighted by Crippen LogP contribution is 2.30. The lowest BCUT2D eigenvalue weighted by atomic mass is 10.2. The molecule has 0 spiro atoms. The van der Waals surface area contributed by atoms with E-state index < -0.39 is 0 Å². The Morgan fingerprint density at radius 2 is 1.92 bits per heavy atom. The van der Waals surface area contributed by atoms with E-state index >= 15 is 0 Å². The van der Waals surface area contributed by atoms with Gasteiger partial charge in [-0.25, -0.2) is 4.98 Å². The molecule has 1 saturated heterocycles. The van der Waals surface area contributed by atoms with Gasteiger partial charge in [0.15, 0.2) is 0 Å². The van der Waals surface area contributed by atoms with Crippen LogP contribution in [0.4, 0.5) is 0 Å². The van der Waals surface area contributed by atoms with E-state index in [0.29, 0.717) is 6.61 Å². The van der Waals surface area contributed by atoms with Crippen molar-refractivity contribution in [1.29, 1.82) is 0 Å². The average molecular weight is 322 g/mol. The number of imidazole rings is 1. The molecule has 1 fully saturated rings. The summed E-state index contributed by atoms with van der Waals surface area (Å²) in [5, 5.41) is 0. The molecule has 1 aromatic heterocycles. The van der Waals surface area contributed by atoms with E-state index in [0.717, 1.165) is 49.5 Å². The summed E-state index contributed by atoms with van der Waals surface area (Å²) in [5.74, 6) is 1.99. The van der Waals surface area contributed by atoms with Gasteiger partial charge in [-0.2, -0.15) is 0 Å². The molecule has 1 aliphatic rings. The van der Waals surface area contributed by atoms with Crippen molar-refractivity contribution in [2.45, 2.75) is 31.9 Å². The van der Waals surface area contributed by atoms with Gasteiger partial charge in [-0.1, -0.05) is 30.3 Å². The van der Waals surface area contributed by atoms with Crippen LogP contribution in [-0.4, -0.2) is 22.8 Å². The number of ether oxygens (including phenoxy) is 2. The normalized spacial score (nSPS) is 17.4. The number of rotatable bonds is 6. The van der Waals surface area contributed by atoms with Crippen LogP contribution in [0.15, 0.2) is 54.6 Å². The molecule has 4 nitrogen and oxygen atoms in total. The molecule has 0 amide bonds. The Hall–Kier alpha value is -2.33. The third-order valence-corrected chi connectivity index (χ3v) is 4.44. The van der Waals surface area contributed by atoms with Crippen LogP contribution in [0.25, 0.3) is 11.0 Å². The molecular weight excluding hydrogens is 300 g/mol. The van der Waals surface area contributed by atoms with Crippen LogP contribution in [-0.2, 0) is 11.3 Å². The summed E-state index contributed by atoms with van der Waals surface area (Å²) < 4.78 is 14.0. The number of aryl methyl sites for hydroxylation is 1. The van der Waals surface area contributed by atoms with Gasteiger partial charge in [0, 0.05) is 13.2 Å². The van der Waals surface area contributed by atoms with E-state index in [9.17, 15) is 0 Å². The molecule has 0 bridgehead atoms. The molecule has 1 aliphatic heterocycles. The second kappa shape index (κ2) is 7.05. The highest BCUT2D eigenvalue weighted by molar-refractivity contribution is 5.76. The van der Waals surface area contributed by atoms with Crippen LogP contribution in [0, 0.1) is 0 Å². The van der Waals surface area contributed by atoms with Gasteiger partial charge >= 0.3 is 0 Å². The summed E-state index contributed by atoms with van der Waals surface area (Å²) in [6.45, 7) is 2.43. The van der Waals surface area contributed by atoms with Crippen molar-refractivity contribution in [3.63, 3.8) is 0 Å². The first-order chi connectivity index (χ1) is 11.9. The molecule has 4 heteroatoms. The lowest BCUT2D eigenvalue weighted by Gasteiger charge is -2.14. The smallest absolute Gasteiger partial charge is 0.139 e. The quantitative estimate of drug-likeness (QED) is 0.633. The van der Waals surface area contributed by atoms with Crippen LogP contribution in [0.1, 0.15) is 31.2 Å². The number of hydrogen-bond acceptors (Lipinski definition) is 3. The fourth-order valence-corrected chi connectivity index (χ4v) is 3.29. The lowest BCUT2D eigenvalue weighted by Crippen LogP contribution is -2.11. The van der Waals surface area contributed by atoms with E-state index in [1.54, 1.807) is 0 Å². The van der Waals surface area contributed by atoms with Crippen molar-refractivity contribution in [3.05, 3.63) is 60.4 Å². The molecule has 124 valence electrons. The van der Waals surface area contributed by atoms with Gasteiger partial charge < -0.3 is 14.0 Å². The molecule has 1 atom stereocenters. The summed E-state index contributed by atoms with van der Waals surface area (Å²) in [6.07, 6.45) is 3.25. The lowest BCUT2D eigenvalue weighted by molar-refractivity contribution is 0.102. The van der Waals surface area contributed by atoms with E-state index in [1.165, 1.54) is 5.52 Å². The van der Waals surface area contributed by atoms with Crippen LogP contribution < -0.4 is 4.74 Å². The van der Waals surface area contributed by atoms with Crippen molar-refractivity contribution >= 4 is 11.0 Å². The molecule has 0 N–H and O–H groups in total. The molecule has 0 radical (unpaired) electrons. The second-order valence-electron chi connectivity index (χ2n) is 6.13. The Morgan fingerprint density at radius 3 is 2.75 bits per heavy atom. The van der Waals surface area contributed by atoms with E-state index in [2.05, 4.69) is 22.8 Å². The number of para-hydroxylation sites is 3. The number of benzene rings is 2. The van der Waals surface area contributed by atoms with Crippen molar-refractivity contribution < 1.29 is 9.47 Å². The molecule has 2 aromatic carbocycles. The molecule has 4 rings (SSSR count). The molecule has 0 unspecified atom stereocenters.